The van der Waals surface area contributed by atoms with Gasteiger partial charge in [-0.2, -0.15) is 0 Å². The zero-order valence-electron chi connectivity index (χ0n) is 18.3. The second kappa shape index (κ2) is 7.08. The highest BCUT2D eigenvalue weighted by Crippen LogP contribution is 2.60. The first-order valence-electron chi connectivity index (χ1n) is 10.8. The molecule has 4 rings (SSSR count). The molecule has 154 valence electrons. The third-order valence-electron chi connectivity index (χ3n) is 7.37. The van der Waals surface area contributed by atoms with Crippen LogP contribution in [0.15, 0.2) is 17.3 Å². The Morgan fingerprint density at radius 1 is 1.04 bits per heavy atom. The van der Waals surface area contributed by atoms with Crippen LogP contribution in [0, 0.1) is 17.3 Å². The molecule has 3 aliphatic rings. The second-order valence-electron chi connectivity index (χ2n) is 10.0. The fourth-order valence-corrected chi connectivity index (χ4v) is 7.02. The summed E-state index contributed by atoms with van der Waals surface area (Å²) in [5.74, 6) is 3.94. The molecule has 4 unspecified atom stereocenters. The normalized spacial score (nSPS) is 33.1. The Kier molecular flexibility index (Phi) is 5.01. The molecule has 0 saturated heterocycles. The predicted molar refractivity (Wildman–Crippen MR) is 116 cm³/mol. The molecule has 0 bridgehead atoms. The third-order valence-corrected chi connectivity index (χ3v) is 8.20. The number of rotatable bonds is 4. The summed E-state index contributed by atoms with van der Waals surface area (Å²) in [6.07, 6.45) is 7.20. The molecule has 4 atom stereocenters. The van der Waals surface area contributed by atoms with Gasteiger partial charge in [-0.05, 0) is 99.2 Å². The summed E-state index contributed by atoms with van der Waals surface area (Å²) in [4.78, 5) is 5.18. The molecule has 0 N–H and O–H groups in total. The van der Waals surface area contributed by atoms with Crippen molar-refractivity contribution < 1.29 is 14.0 Å². The number of oxime groups is 1. The number of hydrogen-bond donors (Lipinski definition) is 0. The maximum Gasteiger partial charge on any atom is 0.242 e. The average Bonchev–Trinajstić information content (AvgIpc) is 2.96. The number of fused-ring (bicyclic) bond motifs is 5. The highest BCUT2D eigenvalue weighted by Gasteiger charge is 2.53. The fraction of sp³-hybridized carbons (Fsp3) is 0.696. The third kappa shape index (κ3) is 3.25. The van der Waals surface area contributed by atoms with Gasteiger partial charge in [0, 0.05) is 5.41 Å². The monoisotopic (exact) mass is 401 g/mol. The van der Waals surface area contributed by atoms with Gasteiger partial charge in [0.1, 0.15) is 12.9 Å². The first kappa shape index (κ1) is 19.8. The summed E-state index contributed by atoms with van der Waals surface area (Å²) in [6, 6.07) is 4.58. The summed E-state index contributed by atoms with van der Waals surface area (Å²) in [5, 5.41) is 4.42. The SMILES string of the molecule is CON=C1CCC2C3CCc4cc(O[Si](C)(C)C)c(OC)cc4C3CCC12C. The molecule has 3 aliphatic carbocycles. The summed E-state index contributed by atoms with van der Waals surface area (Å²) >= 11 is 0. The van der Waals surface area contributed by atoms with Crippen LogP contribution in [0.25, 0.3) is 0 Å². The van der Waals surface area contributed by atoms with Gasteiger partial charge in [-0.25, -0.2) is 0 Å². The Morgan fingerprint density at radius 3 is 2.50 bits per heavy atom. The van der Waals surface area contributed by atoms with Gasteiger partial charge < -0.3 is 14.0 Å². The minimum absolute atomic E-state index is 0.222. The standard InChI is InChI=1S/C23H35NO3Si/c1-23-12-11-16-17(19(23)9-10-22(23)24-26-3)8-7-15-13-21(27-28(4,5)6)20(25-2)14-18(15)16/h13-14,16-17,19H,7-12H2,1-6H3. The molecule has 0 spiro atoms. The molecule has 1 aromatic carbocycles. The van der Waals surface area contributed by atoms with Gasteiger partial charge in [0.05, 0.1) is 12.8 Å². The van der Waals surface area contributed by atoms with Crippen molar-refractivity contribution in [3.05, 3.63) is 23.3 Å². The number of hydrogen-bond acceptors (Lipinski definition) is 4. The predicted octanol–water partition coefficient (Wildman–Crippen LogP) is 5.77. The van der Waals surface area contributed by atoms with Crippen LogP contribution in [-0.4, -0.2) is 28.2 Å². The molecular formula is C23H35NO3Si. The van der Waals surface area contributed by atoms with Crippen LogP contribution in [0.2, 0.25) is 19.6 Å². The quantitative estimate of drug-likeness (QED) is 0.475. The van der Waals surface area contributed by atoms with Gasteiger partial charge in [0.25, 0.3) is 0 Å². The van der Waals surface area contributed by atoms with Crippen molar-refractivity contribution in [2.75, 3.05) is 14.2 Å². The maximum absolute atomic E-state index is 6.34. The number of aryl methyl sites for hydroxylation is 1. The molecule has 28 heavy (non-hydrogen) atoms. The smallest absolute Gasteiger partial charge is 0.242 e. The Hall–Kier alpha value is -1.49. The average molecular weight is 402 g/mol. The van der Waals surface area contributed by atoms with E-state index in [2.05, 4.69) is 43.9 Å². The number of methoxy groups -OCH3 is 1. The van der Waals surface area contributed by atoms with Gasteiger partial charge in [0.15, 0.2) is 5.75 Å². The summed E-state index contributed by atoms with van der Waals surface area (Å²) < 4.78 is 12.1. The van der Waals surface area contributed by atoms with E-state index in [0.717, 1.165) is 36.2 Å². The molecule has 2 saturated carbocycles. The van der Waals surface area contributed by atoms with E-state index < -0.39 is 8.32 Å². The molecule has 5 heteroatoms. The molecule has 0 aliphatic heterocycles. The minimum Gasteiger partial charge on any atom is -0.542 e. The summed E-state index contributed by atoms with van der Waals surface area (Å²) in [5.41, 5.74) is 4.50. The largest absolute Gasteiger partial charge is 0.542 e. The topological polar surface area (TPSA) is 40.0 Å². The highest BCUT2D eigenvalue weighted by molar-refractivity contribution is 6.70. The Bertz CT molecular complexity index is 785. The molecule has 0 aromatic heterocycles. The first-order valence-corrected chi connectivity index (χ1v) is 14.2. The molecule has 0 amide bonds. The minimum atomic E-state index is -1.67. The molecule has 4 nitrogen and oxygen atoms in total. The second-order valence-corrected chi connectivity index (χ2v) is 14.5. The Balaban J connectivity index is 1.67. The van der Waals surface area contributed by atoms with E-state index in [1.165, 1.54) is 42.5 Å². The first-order chi connectivity index (χ1) is 13.3. The lowest BCUT2D eigenvalue weighted by Gasteiger charge is -2.49. The number of benzene rings is 1. The molecule has 2 fully saturated rings. The molecular weight excluding hydrogens is 366 g/mol. The fourth-order valence-electron chi connectivity index (χ4n) is 6.20. The van der Waals surface area contributed by atoms with E-state index in [0.29, 0.717) is 5.92 Å². The van der Waals surface area contributed by atoms with Crippen LogP contribution in [0.5, 0.6) is 11.5 Å². The lowest BCUT2D eigenvalue weighted by molar-refractivity contribution is 0.0923. The van der Waals surface area contributed by atoms with Gasteiger partial charge in [0.2, 0.25) is 8.32 Å². The number of nitrogens with zero attached hydrogens (tertiary/aromatic N) is 1. The van der Waals surface area contributed by atoms with E-state index in [1.54, 1.807) is 14.2 Å². The Morgan fingerprint density at radius 2 is 1.82 bits per heavy atom. The maximum atomic E-state index is 6.34. The van der Waals surface area contributed by atoms with Crippen LogP contribution in [-0.2, 0) is 11.3 Å². The van der Waals surface area contributed by atoms with E-state index in [4.69, 9.17) is 14.0 Å². The zero-order chi connectivity index (χ0) is 20.1. The van der Waals surface area contributed by atoms with Crippen LogP contribution < -0.4 is 9.16 Å². The molecule has 0 heterocycles. The van der Waals surface area contributed by atoms with Gasteiger partial charge in [-0.15, -0.1) is 0 Å². The van der Waals surface area contributed by atoms with Crippen molar-refractivity contribution in [2.24, 2.45) is 22.4 Å². The zero-order valence-corrected chi connectivity index (χ0v) is 19.3. The Labute approximate surface area is 170 Å². The van der Waals surface area contributed by atoms with Crippen molar-refractivity contribution in [1.82, 2.24) is 0 Å². The van der Waals surface area contributed by atoms with Crippen molar-refractivity contribution in [3.8, 4) is 11.5 Å². The summed E-state index contributed by atoms with van der Waals surface area (Å²) in [6.45, 7) is 9.11. The summed E-state index contributed by atoms with van der Waals surface area (Å²) in [7, 11) is 1.77. The van der Waals surface area contributed by atoms with Crippen LogP contribution in [0.3, 0.4) is 0 Å². The van der Waals surface area contributed by atoms with Gasteiger partial charge in [-0.1, -0.05) is 12.1 Å². The van der Waals surface area contributed by atoms with E-state index >= 15 is 0 Å². The lowest BCUT2D eigenvalue weighted by Crippen LogP contribution is -2.42. The molecule has 0 radical (unpaired) electrons. The van der Waals surface area contributed by atoms with Crippen molar-refractivity contribution in [1.29, 1.82) is 0 Å². The molecule has 1 aromatic rings. The van der Waals surface area contributed by atoms with Gasteiger partial charge in [-0.3, -0.25) is 0 Å². The highest BCUT2D eigenvalue weighted by atomic mass is 28.4. The van der Waals surface area contributed by atoms with Gasteiger partial charge >= 0.3 is 0 Å². The number of ether oxygens (including phenoxy) is 1. The van der Waals surface area contributed by atoms with Crippen LogP contribution >= 0.6 is 0 Å². The van der Waals surface area contributed by atoms with Crippen molar-refractivity contribution in [3.63, 3.8) is 0 Å². The van der Waals surface area contributed by atoms with Crippen LogP contribution in [0.4, 0.5) is 0 Å². The van der Waals surface area contributed by atoms with E-state index in [9.17, 15) is 0 Å². The van der Waals surface area contributed by atoms with Crippen molar-refractivity contribution in [2.45, 2.75) is 71.0 Å². The lowest BCUT2D eigenvalue weighted by atomic mass is 9.55. The van der Waals surface area contributed by atoms with Crippen LogP contribution in [0.1, 0.15) is 56.1 Å². The van der Waals surface area contributed by atoms with Crippen molar-refractivity contribution >= 4 is 14.0 Å². The van der Waals surface area contributed by atoms with E-state index in [-0.39, 0.29) is 5.41 Å². The van der Waals surface area contributed by atoms with E-state index in [1.807, 2.05) is 0 Å².